The van der Waals surface area contributed by atoms with Crippen molar-refractivity contribution in [2.24, 2.45) is 0 Å². The standard InChI is InChI=1S/C27H38NO3P/c1-20-16-21(2)26(22(3)17-20)28-27(30)23(4)32(14-10-5-6-11-15-32)19-25(29)31-18-24-12-8-7-9-13-24/h7-9,12-13,16-17,23,32H,5-6,10-11,14-15,18-19H2,1-4H3,(H,28,30). The summed E-state index contributed by atoms with van der Waals surface area (Å²) in [7, 11) is -2.19. The molecule has 1 heterocycles. The number of esters is 1. The third-order valence-corrected chi connectivity index (χ3v) is 12.9. The Labute approximate surface area is 193 Å². The first kappa shape index (κ1) is 24.5. The number of ether oxygens (including phenoxy) is 1. The maximum atomic E-state index is 13.5. The van der Waals surface area contributed by atoms with Gasteiger partial charge in [-0.15, -0.1) is 0 Å². The molecule has 1 fully saturated rings. The molecule has 0 saturated carbocycles. The Hall–Kier alpha value is -2.19. The van der Waals surface area contributed by atoms with Gasteiger partial charge in [0.1, 0.15) is 0 Å². The Morgan fingerprint density at radius 1 is 0.969 bits per heavy atom. The summed E-state index contributed by atoms with van der Waals surface area (Å²) in [6, 6.07) is 14.0. The molecule has 2 aromatic rings. The number of hydrogen-bond acceptors (Lipinski definition) is 3. The summed E-state index contributed by atoms with van der Waals surface area (Å²) in [5.41, 5.74) is 5.14. The fourth-order valence-electron chi connectivity index (χ4n) is 5.16. The average molecular weight is 456 g/mol. The van der Waals surface area contributed by atoms with Crippen LogP contribution in [-0.4, -0.2) is 36.0 Å². The molecule has 1 unspecified atom stereocenters. The molecule has 1 atom stereocenters. The van der Waals surface area contributed by atoms with Crippen molar-refractivity contribution in [2.45, 2.75) is 65.6 Å². The van der Waals surface area contributed by atoms with Crippen molar-refractivity contribution in [1.82, 2.24) is 0 Å². The zero-order valence-corrected chi connectivity index (χ0v) is 21.0. The van der Waals surface area contributed by atoms with Gasteiger partial charge in [-0.25, -0.2) is 0 Å². The number of carbonyl (C=O) groups is 2. The van der Waals surface area contributed by atoms with E-state index in [1.54, 1.807) is 0 Å². The van der Waals surface area contributed by atoms with Crippen LogP contribution in [0.3, 0.4) is 0 Å². The predicted octanol–water partition coefficient (Wildman–Crippen LogP) is 6.01. The van der Waals surface area contributed by atoms with Crippen molar-refractivity contribution < 1.29 is 14.3 Å². The van der Waals surface area contributed by atoms with Crippen LogP contribution in [0.2, 0.25) is 0 Å². The van der Waals surface area contributed by atoms with Gasteiger partial charge in [0, 0.05) is 0 Å². The number of aryl methyl sites for hydroxylation is 3. The van der Waals surface area contributed by atoms with Gasteiger partial charge in [-0.3, -0.25) is 0 Å². The quantitative estimate of drug-likeness (QED) is 0.411. The fraction of sp³-hybridized carbons (Fsp3) is 0.481. The van der Waals surface area contributed by atoms with Gasteiger partial charge in [-0.05, 0) is 0 Å². The zero-order valence-electron chi connectivity index (χ0n) is 20.0. The molecule has 0 aliphatic carbocycles. The summed E-state index contributed by atoms with van der Waals surface area (Å²) < 4.78 is 5.66. The Balaban J connectivity index is 1.74. The van der Waals surface area contributed by atoms with Gasteiger partial charge in [0.2, 0.25) is 0 Å². The van der Waals surface area contributed by atoms with E-state index in [9.17, 15) is 9.59 Å². The molecule has 174 valence electrons. The van der Waals surface area contributed by atoms with Gasteiger partial charge in [0.25, 0.3) is 0 Å². The summed E-state index contributed by atoms with van der Waals surface area (Å²) in [5.74, 6) is -0.0887. The molecule has 3 rings (SSSR count). The van der Waals surface area contributed by atoms with E-state index in [1.165, 1.54) is 18.4 Å². The Kier molecular flexibility index (Phi) is 8.48. The molecule has 1 saturated heterocycles. The normalized spacial score (nSPS) is 17.6. The second-order valence-electron chi connectivity index (χ2n) is 9.58. The zero-order chi connectivity index (χ0) is 23.1. The molecule has 0 aromatic heterocycles. The maximum absolute atomic E-state index is 13.5. The second-order valence-corrected chi connectivity index (χ2v) is 14.5. The summed E-state index contributed by atoms with van der Waals surface area (Å²) >= 11 is 0. The fourth-order valence-corrected chi connectivity index (χ4v) is 10.1. The number of amides is 1. The SMILES string of the molecule is Cc1cc(C)c(NC(=O)C(C)[PH]2(CC(=O)OCc3ccccc3)CCCCCC2)c(C)c1. The first-order valence-electron chi connectivity index (χ1n) is 11.9. The van der Waals surface area contributed by atoms with Crippen LogP contribution in [0.5, 0.6) is 0 Å². The molecule has 32 heavy (non-hydrogen) atoms. The molecular weight excluding hydrogens is 417 g/mol. The Morgan fingerprint density at radius 3 is 2.16 bits per heavy atom. The third kappa shape index (κ3) is 6.19. The molecule has 1 aliphatic heterocycles. The van der Waals surface area contributed by atoms with Crippen LogP contribution in [0.15, 0.2) is 42.5 Å². The first-order valence-corrected chi connectivity index (χ1v) is 14.6. The number of nitrogens with one attached hydrogen (secondary N) is 1. The minimum absolute atomic E-state index is 0.0597. The van der Waals surface area contributed by atoms with E-state index >= 15 is 0 Å². The monoisotopic (exact) mass is 455 g/mol. The number of benzene rings is 2. The summed E-state index contributed by atoms with van der Waals surface area (Å²) in [6.07, 6.45) is 7.08. The van der Waals surface area contributed by atoms with Crippen LogP contribution in [0, 0.1) is 20.8 Å². The molecule has 1 amide bonds. The van der Waals surface area contributed by atoms with E-state index in [1.807, 2.05) is 44.2 Å². The van der Waals surface area contributed by atoms with Crippen LogP contribution in [0.4, 0.5) is 5.69 Å². The van der Waals surface area contributed by atoms with Gasteiger partial charge in [0.15, 0.2) is 0 Å². The van der Waals surface area contributed by atoms with Crippen molar-refractivity contribution in [2.75, 3.05) is 23.8 Å². The number of rotatable bonds is 7. The van der Waals surface area contributed by atoms with E-state index < -0.39 is 7.26 Å². The third-order valence-electron chi connectivity index (χ3n) is 7.08. The molecule has 5 heteroatoms. The van der Waals surface area contributed by atoms with Gasteiger partial charge < -0.3 is 0 Å². The number of anilines is 1. The van der Waals surface area contributed by atoms with Gasteiger partial charge in [-0.1, -0.05) is 0 Å². The predicted molar refractivity (Wildman–Crippen MR) is 136 cm³/mol. The van der Waals surface area contributed by atoms with Gasteiger partial charge in [-0.2, -0.15) is 0 Å². The summed E-state index contributed by atoms with van der Waals surface area (Å²) in [6.45, 7) is 8.51. The van der Waals surface area contributed by atoms with E-state index in [-0.39, 0.29) is 17.5 Å². The van der Waals surface area contributed by atoms with Gasteiger partial charge >= 0.3 is 193 Å². The number of carbonyl (C=O) groups excluding carboxylic acids is 2. The Bertz CT molecular complexity index is 910. The van der Waals surface area contributed by atoms with E-state index in [2.05, 4.69) is 31.3 Å². The van der Waals surface area contributed by atoms with Crippen molar-refractivity contribution in [3.05, 3.63) is 64.7 Å². The average Bonchev–Trinajstić information content (AvgIpc) is 3.01. The van der Waals surface area contributed by atoms with Crippen molar-refractivity contribution in [3.63, 3.8) is 0 Å². The topological polar surface area (TPSA) is 55.4 Å². The van der Waals surface area contributed by atoms with Crippen molar-refractivity contribution in [1.29, 1.82) is 0 Å². The van der Waals surface area contributed by atoms with Crippen LogP contribution in [0.1, 0.15) is 54.9 Å². The van der Waals surface area contributed by atoms with E-state index in [0.717, 1.165) is 47.5 Å². The molecule has 0 radical (unpaired) electrons. The van der Waals surface area contributed by atoms with E-state index in [0.29, 0.717) is 12.8 Å². The molecule has 2 aromatic carbocycles. The molecule has 1 aliphatic rings. The minimum atomic E-state index is -2.19. The molecule has 0 spiro atoms. The molecular formula is C27H38NO3P. The van der Waals surface area contributed by atoms with Crippen LogP contribution >= 0.6 is 7.26 Å². The summed E-state index contributed by atoms with van der Waals surface area (Å²) in [5, 5.41) is 3.22. The van der Waals surface area contributed by atoms with Gasteiger partial charge in [0.05, 0.1) is 0 Å². The van der Waals surface area contributed by atoms with E-state index in [4.69, 9.17) is 4.74 Å². The number of hydrogen-bond donors (Lipinski definition) is 1. The Morgan fingerprint density at radius 2 is 1.56 bits per heavy atom. The van der Waals surface area contributed by atoms with Crippen molar-refractivity contribution in [3.8, 4) is 0 Å². The van der Waals surface area contributed by atoms with Crippen LogP contribution < -0.4 is 5.32 Å². The summed E-state index contributed by atoms with van der Waals surface area (Å²) in [4.78, 5) is 26.4. The molecule has 0 bridgehead atoms. The molecule has 4 nitrogen and oxygen atoms in total. The molecule has 1 N–H and O–H groups in total. The van der Waals surface area contributed by atoms with Crippen LogP contribution in [0.25, 0.3) is 0 Å². The van der Waals surface area contributed by atoms with Crippen LogP contribution in [-0.2, 0) is 20.9 Å². The van der Waals surface area contributed by atoms with Crippen molar-refractivity contribution >= 4 is 24.8 Å². The first-order chi connectivity index (χ1) is 15.3. The second kappa shape index (κ2) is 11.1.